The highest BCUT2D eigenvalue weighted by Crippen LogP contribution is 2.23. The van der Waals surface area contributed by atoms with Crippen molar-refractivity contribution in [2.24, 2.45) is 5.92 Å². The van der Waals surface area contributed by atoms with Gasteiger partial charge >= 0.3 is 17.9 Å². The van der Waals surface area contributed by atoms with E-state index in [0.717, 1.165) is 96.3 Å². The summed E-state index contributed by atoms with van der Waals surface area (Å²) in [6.07, 6.45) is 21.7. The lowest BCUT2D eigenvalue weighted by molar-refractivity contribution is -0.138. The highest BCUT2D eigenvalue weighted by atomic mass is 16.4. The maximum Gasteiger partial charge on any atom is 0.303 e. The number of unbranched alkanes of at least 4 members (excludes halogenated alkanes) is 9. The summed E-state index contributed by atoms with van der Waals surface area (Å²) in [6, 6.07) is 0. The van der Waals surface area contributed by atoms with Crippen LogP contribution in [-0.2, 0) is 14.4 Å². The maximum absolute atomic E-state index is 10.8. The van der Waals surface area contributed by atoms with Crippen LogP contribution < -0.4 is 0 Å². The first-order valence-corrected chi connectivity index (χ1v) is 13.8. The topological polar surface area (TPSA) is 132 Å². The molecule has 0 radical (unpaired) electrons. The van der Waals surface area contributed by atoms with Crippen molar-refractivity contribution in [1.29, 1.82) is 0 Å². The molecular weight excluding hydrogens is 448 g/mol. The van der Waals surface area contributed by atoms with E-state index in [0.29, 0.717) is 25.2 Å². The largest absolute Gasteiger partial charge is 0.481 e. The SMILES string of the molecule is O=C(O)CCCCCCC/C=C\C[C@H](O)CCCCCCC(CCCCC(=O)O)CCCC(=O)O. The molecule has 7 heteroatoms. The molecule has 35 heavy (non-hydrogen) atoms. The van der Waals surface area contributed by atoms with E-state index in [-0.39, 0.29) is 25.4 Å². The Kier molecular flexibility index (Phi) is 22.5. The summed E-state index contributed by atoms with van der Waals surface area (Å²) in [6.45, 7) is 0. The van der Waals surface area contributed by atoms with E-state index in [1.54, 1.807) is 0 Å². The molecule has 0 heterocycles. The number of rotatable bonds is 26. The molecule has 0 fully saturated rings. The molecule has 7 nitrogen and oxygen atoms in total. The number of hydrogen-bond donors (Lipinski definition) is 4. The summed E-state index contributed by atoms with van der Waals surface area (Å²) in [7, 11) is 0. The van der Waals surface area contributed by atoms with Gasteiger partial charge in [-0.05, 0) is 57.3 Å². The van der Waals surface area contributed by atoms with E-state index < -0.39 is 17.9 Å². The number of carboxylic acid groups (broad SMARTS) is 3. The standard InChI is InChI=1S/C28H50O7/c29-25(19-10-5-3-1-2-4-6-12-21-26(30)31)20-11-8-7-9-16-24(18-15-23-28(34)35)17-13-14-22-27(32)33/h5,10,24-25,29H,1-4,6-9,11-23H2,(H,30,31)(H,32,33)(H,34,35)/b10-5-/t24?,25-/m0/s1. The Morgan fingerprint density at radius 1 is 0.514 bits per heavy atom. The highest BCUT2D eigenvalue weighted by Gasteiger charge is 2.11. The summed E-state index contributed by atoms with van der Waals surface area (Å²) in [4.78, 5) is 31.9. The third-order valence-corrected chi connectivity index (χ3v) is 6.49. The minimum atomic E-state index is -0.758. The molecule has 0 rings (SSSR count). The molecule has 0 aromatic carbocycles. The lowest BCUT2D eigenvalue weighted by Crippen LogP contribution is -2.05. The Bertz CT molecular complexity index is 574. The van der Waals surface area contributed by atoms with Crippen LogP contribution in [0.25, 0.3) is 0 Å². The second-order valence-corrected chi connectivity index (χ2v) is 9.84. The fourth-order valence-corrected chi connectivity index (χ4v) is 4.41. The van der Waals surface area contributed by atoms with Crippen LogP contribution >= 0.6 is 0 Å². The first-order valence-electron chi connectivity index (χ1n) is 13.8. The lowest BCUT2D eigenvalue weighted by atomic mass is 9.90. The zero-order chi connectivity index (χ0) is 26.2. The zero-order valence-electron chi connectivity index (χ0n) is 21.7. The fraction of sp³-hybridized carbons (Fsp3) is 0.821. The van der Waals surface area contributed by atoms with Crippen molar-refractivity contribution < 1.29 is 34.8 Å². The average molecular weight is 499 g/mol. The summed E-state index contributed by atoms with van der Waals surface area (Å²) in [5.41, 5.74) is 0. The van der Waals surface area contributed by atoms with Gasteiger partial charge in [0.1, 0.15) is 0 Å². The van der Waals surface area contributed by atoms with Crippen LogP contribution in [-0.4, -0.2) is 44.4 Å². The number of aliphatic hydroxyl groups excluding tert-OH is 1. The van der Waals surface area contributed by atoms with E-state index in [9.17, 15) is 19.5 Å². The first-order chi connectivity index (χ1) is 16.8. The van der Waals surface area contributed by atoms with Gasteiger partial charge in [0.15, 0.2) is 0 Å². The molecule has 0 bridgehead atoms. The number of allylic oxidation sites excluding steroid dienone is 1. The van der Waals surface area contributed by atoms with Gasteiger partial charge in [-0.3, -0.25) is 14.4 Å². The van der Waals surface area contributed by atoms with Crippen LogP contribution in [0.3, 0.4) is 0 Å². The Morgan fingerprint density at radius 2 is 0.943 bits per heavy atom. The van der Waals surface area contributed by atoms with Crippen LogP contribution in [0.1, 0.15) is 135 Å². The predicted molar refractivity (Wildman–Crippen MR) is 139 cm³/mol. The van der Waals surface area contributed by atoms with Gasteiger partial charge in [0.25, 0.3) is 0 Å². The van der Waals surface area contributed by atoms with E-state index in [1.807, 2.05) is 0 Å². The minimum Gasteiger partial charge on any atom is -0.481 e. The van der Waals surface area contributed by atoms with Crippen molar-refractivity contribution >= 4 is 17.9 Å². The summed E-state index contributed by atoms with van der Waals surface area (Å²) < 4.78 is 0. The molecule has 1 unspecified atom stereocenters. The molecule has 0 aromatic rings. The first kappa shape index (κ1) is 33.1. The zero-order valence-corrected chi connectivity index (χ0v) is 21.7. The Morgan fingerprint density at radius 3 is 1.57 bits per heavy atom. The minimum absolute atomic E-state index is 0.201. The average Bonchev–Trinajstić information content (AvgIpc) is 2.79. The maximum atomic E-state index is 10.8. The number of carboxylic acids is 3. The van der Waals surface area contributed by atoms with Gasteiger partial charge in [-0.25, -0.2) is 0 Å². The molecule has 204 valence electrons. The number of hydrogen-bond acceptors (Lipinski definition) is 4. The Balaban J connectivity index is 3.76. The molecule has 0 aliphatic carbocycles. The third-order valence-electron chi connectivity index (χ3n) is 6.49. The van der Waals surface area contributed by atoms with Gasteiger partial charge in [-0.2, -0.15) is 0 Å². The normalized spacial score (nSPS) is 13.2. The number of carbonyl (C=O) groups is 3. The van der Waals surface area contributed by atoms with Crippen molar-refractivity contribution in [3.8, 4) is 0 Å². The molecule has 0 saturated carbocycles. The third kappa shape index (κ3) is 26.6. The van der Waals surface area contributed by atoms with Crippen LogP contribution in [0.2, 0.25) is 0 Å². The van der Waals surface area contributed by atoms with Crippen LogP contribution in [0.5, 0.6) is 0 Å². The molecule has 0 aromatic heterocycles. The van der Waals surface area contributed by atoms with Crippen LogP contribution in [0, 0.1) is 5.92 Å². The Labute approximate surface area is 212 Å². The second kappa shape index (κ2) is 23.8. The highest BCUT2D eigenvalue weighted by molar-refractivity contribution is 5.67. The van der Waals surface area contributed by atoms with E-state index in [4.69, 9.17) is 15.3 Å². The molecule has 0 amide bonds. The monoisotopic (exact) mass is 498 g/mol. The summed E-state index contributed by atoms with van der Waals surface area (Å²) >= 11 is 0. The van der Waals surface area contributed by atoms with Crippen molar-refractivity contribution in [2.75, 3.05) is 0 Å². The molecular formula is C28H50O7. The lowest BCUT2D eigenvalue weighted by Gasteiger charge is -2.16. The van der Waals surface area contributed by atoms with Crippen molar-refractivity contribution in [3.05, 3.63) is 12.2 Å². The van der Waals surface area contributed by atoms with E-state index >= 15 is 0 Å². The van der Waals surface area contributed by atoms with Crippen molar-refractivity contribution in [1.82, 2.24) is 0 Å². The fourth-order valence-electron chi connectivity index (χ4n) is 4.41. The van der Waals surface area contributed by atoms with Gasteiger partial charge in [0.05, 0.1) is 6.10 Å². The Hall–Kier alpha value is -1.89. The van der Waals surface area contributed by atoms with E-state index in [2.05, 4.69) is 12.2 Å². The van der Waals surface area contributed by atoms with Gasteiger partial charge < -0.3 is 20.4 Å². The van der Waals surface area contributed by atoms with Gasteiger partial charge in [-0.1, -0.05) is 76.4 Å². The molecule has 2 atom stereocenters. The van der Waals surface area contributed by atoms with Crippen molar-refractivity contribution in [3.63, 3.8) is 0 Å². The number of aliphatic carboxylic acids is 3. The van der Waals surface area contributed by atoms with Gasteiger partial charge in [-0.15, -0.1) is 0 Å². The molecule has 0 spiro atoms. The number of aliphatic hydroxyl groups is 1. The van der Waals surface area contributed by atoms with Crippen LogP contribution in [0.4, 0.5) is 0 Å². The predicted octanol–water partition coefficient (Wildman–Crippen LogP) is 6.97. The molecule has 0 saturated heterocycles. The quantitative estimate of drug-likeness (QED) is 0.0748. The van der Waals surface area contributed by atoms with Crippen LogP contribution in [0.15, 0.2) is 12.2 Å². The van der Waals surface area contributed by atoms with E-state index in [1.165, 1.54) is 0 Å². The second-order valence-electron chi connectivity index (χ2n) is 9.84. The van der Waals surface area contributed by atoms with Crippen molar-refractivity contribution in [2.45, 2.75) is 141 Å². The smallest absolute Gasteiger partial charge is 0.303 e. The molecule has 0 aliphatic heterocycles. The van der Waals surface area contributed by atoms with Gasteiger partial charge in [0.2, 0.25) is 0 Å². The molecule has 0 aliphatic rings. The summed E-state index contributed by atoms with van der Waals surface area (Å²) in [5, 5.41) is 36.4. The van der Waals surface area contributed by atoms with Gasteiger partial charge in [0, 0.05) is 19.3 Å². The summed E-state index contributed by atoms with van der Waals surface area (Å²) in [5.74, 6) is -1.75. The molecule has 4 N–H and O–H groups in total.